The van der Waals surface area contributed by atoms with Gasteiger partial charge in [0.15, 0.2) is 5.69 Å². The highest BCUT2D eigenvalue weighted by molar-refractivity contribution is 5.93. The molecule has 1 heterocycles. The van der Waals surface area contributed by atoms with Gasteiger partial charge in [0.2, 0.25) is 0 Å². The summed E-state index contributed by atoms with van der Waals surface area (Å²) in [5, 5.41) is 11.9. The van der Waals surface area contributed by atoms with Crippen molar-refractivity contribution in [1.82, 2.24) is 25.2 Å². The van der Waals surface area contributed by atoms with Crippen LogP contribution in [0.5, 0.6) is 0 Å². The molecule has 1 N–H and O–H groups in total. The lowest BCUT2D eigenvalue weighted by Crippen LogP contribution is -2.25. The summed E-state index contributed by atoms with van der Waals surface area (Å²) in [6, 6.07) is 14.2. The Bertz CT molecular complexity index is 990. The van der Waals surface area contributed by atoms with Crippen molar-refractivity contribution >= 4 is 5.91 Å². The van der Waals surface area contributed by atoms with E-state index in [1.807, 2.05) is 65.2 Å². The van der Waals surface area contributed by atoms with Gasteiger partial charge in [0, 0.05) is 13.1 Å². The van der Waals surface area contributed by atoms with Crippen LogP contribution in [0.4, 0.5) is 0 Å². The second-order valence-electron chi connectivity index (χ2n) is 7.40. The first-order valence-electron chi connectivity index (χ1n) is 9.36. The van der Waals surface area contributed by atoms with Crippen molar-refractivity contribution in [3.8, 4) is 5.69 Å². The highest BCUT2D eigenvalue weighted by Crippen LogP contribution is 2.16. The van der Waals surface area contributed by atoms with E-state index in [1.165, 1.54) is 11.1 Å². The second kappa shape index (κ2) is 8.35. The molecule has 6 heteroatoms. The summed E-state index contributed by atoms with van der Waals surface area (Å²) in [6.45, 7) is 7.16. The summed E-state index contributed by atoms with van der Waals surface area (Å²) in [7, 11) is 4.06. The smallest absolute Gasteiger partial charge is 0.274 e. The van der Waals surface area contributed by atoms with Gasteiger partial charge in [-0.3, -0.25) is 4.79 Å². The van der Waals surface area contributed by atoms with Crippen molar-refractivity contribution in [1.29, 1.82) is 0 Å². The molecule has 0 saturated carbocycles. The van der Waals surface area contributed by atoms with Gasteiger partial charge >= 0.3 is 0 Å². The SMILES string of the molecule is Cc1ccc(-n2nc(C)c(C(=O)NCc3ccccc3CN(C)C)n2)c(C)c1. The maximum absolute atomic E-state index is 12.7. The molecule has 0 radical (unpaired) electrons. The van der Waals surface area contributed by atoms with Crippen LogP contribution >= 0.6 is 0 Å². The van der Waals surface area contributed by atoms with E-state index in [-0.39, 0.29) is 5.91 Å². The number of nitrogens with zero attached hydrogens (tertiary/aromatic N) is 4. The van der Waals surface area contributed by atoms with Crippen molar-refractivity contribution < 1.29 is 4.79 Å². The lowest BCUT2D eigenvalue weighted by Gasteiger charge is -2.14. The molecule has 146 valence electrons. The van der Waals surface area contributed by atoms with Gasteiger partial charge < -0.3 is 10.2 Å². The number of nitrogens with one attached hydrogen (secondary N) is 1. The number of aromatic nitrogens is 3. The Labute approximate surface area is 166 Å². The quantitative estimate of drug-likeness (QED) is 0.717. The molecule has 6 nitrogen and oxygen atoms in total. The van der Waals surface area contributed by atoms with Gasteiger partial charge in [-0.25, -0.2) is 0 Å². The summed E-state index contributed by atoms with van der Waals surface area (Å²) >= 11 is 0. The Hall–Kier alpha value is -2.99. The minimum absolute atomic E-state index is 0.215. The Morgan fingerprint density at radius 3 is 2.43 bits per heavy atom. The van der Waals surface area contributed by atoms with Gasteiger partial charge in [0.05, 0.1) is 11.4 Å². The van der Waals surface area contributed by atoms with Gasteiger partial charge in [-0.15, -0.1) is 5.10 Å². The standard InChI is InChI=1S/C22H27N5O/c1-15-10-11-20(16(2)12-15)27-24-17(3)21(25-27)22(28)23-13-18-8-6-7-9-19(18)14-26(4)5/h6-12H,13-14H2,1-5H3,(H,23,28). The molecule has 0 bridgehead atoms. The zero-order valence-corrected chi connectivity index (χ0v) is 17.2. The lowest BCUT2D eigenvalue weighted by molar-refractivity contribution is 0.0944. The lowest BCUT2D eigenvalue weighted by atomic mass is 10.1. The highest BCUT2D eigenvalue weighted by Gasteiger charge is 2.17. The molecular weight excluding hydrogens is 350 g/mol. The fraction of sp³-hybridized carbons (Fsp3) is 0.318. The van der Waals surface area contributed by atoms with E-state index in [4.69, 9.17) is 0 Å². The molecule has 0 aliphatic heterocycles. The number of rotatable bonds is 6. The molecule has 0 aliphatic carbocycles. The molecule has 2 aromatic carbocycles. The molecule has 1 amide bonds. The molecule has 0 unspecified atom stereocenters. The topological polar surface area (TPSA) is 63.1 Å². The predicted octanol–water partition coefficient (Wildman–Crippen LogP) is 3.18. The van der Waals surface area contributed by atoms with Crippen LogP contribution in [0.2, 0.25) is 0 Å². The van der Waals surface area contributed by atoms with Crippen molar-refractivity contribution in [2.45, 2.75) is 33.9 Å². The molecule has 0 saturated heterocycles. The van der Waals surface area contributed by atoms with Crippen molar-refractivity contribution in [2.75, 3.05) is 14.1 Å². The number of amides is 1. The van der Waals surface area contributed by atoms with Gasteiger partial charge in [0.1, 0.15) is 0 Å². The van der Waals surface area contributed by atoms with Gasteiger partial charge in [-0.2, -0.15) is 9.90 Å². The Morgan fingerprint density at radius 1 is 1.04 bits per heavy atom. The van der Waals surface area contributed by atoms with Crippen LogP contribution in [-0.2, 0) is 13.1 Å². The minimum Gasteiger partial charge on any atom is -0.346 e. The average molecular weight is 377 g/mol. The summed E-state index contributed by atoms with van der Waals surface area (Å²) in [4.78, 5) is 16.4. The third-order valence-electron chi connectivity index (χ3n) is 4.61. The van der Waals surface area contributed by atoms with E-state index in [0.717, 1.165) is 23.4 Å². The van der Waals surface area contributed by atoms with E-state index in [9.17, 15) is 4.79 Å². The summed E-state index contributed by atoms with van der Waals surface area (Å²) in [5.41, 5.74) is 6.39. The first-order chi connectivity index (χ1) is 13.3. The zero-order chi connectivity index (χ0) is 20.3. The van der Waals surface area contributed by atoms with Crippen molar-refractivity contribution in [2.24, 2.45) is 0 Å². The first kappa shape index (κ1) is 19.8. The Balaban J connectivity index is 1.76. The van der Waals surface area contributed by atoms with Crippen LogP contribution in [0.3, 0.4) is 0 Å². The molecule has 28 heavy (non-hydrogen) atoms. The monoisotopic (exact) mass is 377 g/mol. The summed E-state index contributed by atoms with van der Waals surface area (Å²) < 4.78 is 0. The number of benzene rings is 2. The maximum Gasteiger partial charge on any atom is 0.274 e. The van der Waals surface area contributed by atoms with Crippen molar-refractivity contribution in [3.63, 3.8) is 0 Å². The molecular formula is C22H27N5O. The number of aryl methyl sites for hydroxylation is 3. The third-order valence-corrected chi connectivity index (χ3v) is 4.61. The molecule has 0 spiro atoms. The van der Waals surface area contributed by atoms with Crippen LogP contribution in [0.1, 0.15) is 38.4 Å². The van der Waals surface area contributed by atoms with Gasteiger partial charge in [-0.05, 0) is 57.6 Å². The molecule has 3 aromatic rings. The largest absolute Gasteiger partial charge is 0.346 e. The third kappa shape index (κ3) is 4.46. The van der Waals surface area contributed by atoms with E-state index >= 15 is 0 Å². The zero-order valence-electron chi connectivity index (χ0n) is 17.2. The number of carbonyl (C=O) groups excluding carboxylic acids is 1. The van der Waals surface area contributed by atoms with E-state index in [1.54, 1.807) is 4.80 Å². The van der Waals surface area contributed by atoms with Crippen LogP contribution in [0.15, 0.2) is 42.5 Å². The van der Waals surface area contributed by atoms with E-state index in [0.29, 0.717) is 17.9 Å². The first-order valence-corrected chi connectivity index (χ1v) is 9.36. The van der Waals surface area contributed by atoms with Crippen LogP contribution < -0.4 is 5.32 Å². The van der Waals surface area contributed by atoms with Gasteiger partial charge in [0.25, 0.3) is 5.91 Å². The minimum atomic E-state index is -0.215. The molecule has 1 aromatic heterocycles. The second-order valence-corrected chi connectivity index (χ2v) is 7.40. The number of carbonyl (C=O) groups is 1. The summed E-state index contributed by atoms with van der Waals surface area (Å²) in [6.07, 6.45) is 0. The molecule has 0 atom stereocenters. The average Bonchev–Trinajstić information content (AvgIpc) is 3.01. The van der Waals surface area contributed by atoms with E-state index < -0.39 is 0 Å². The fourth-order valence-corrected chi connectivity index (χ4v) is 3.21. The Morgan fingerprint density at radius 2 is 1.75 bits per heavy atom. The van der Waals surface area contributed by atoms with Gasteiger partial charge in [-0.1, -0.05) is 42.0 Å². The maximum atomic E-state index is 12.7. The molecule has 0 fully saturated rings. The van der Waals surface area contributed by atoms with Crippen LogP contribution in [0, 0.1) is 20.8 Å². The normalized spacial score (nSPS) is 11.1. The van der Waals surface area contributed by atoms with Crippen LogP contribution in [0.25, 0.3) is 5.69 Å². The number of hydrogen-bond donors (Lipinski definition) is 1. The van der Waals surface area contributed by atoms with Crippen molar-refractivity contribution in [3.05, 3.63) is 76.1 Å². The van der Waals surface area contributed by atoms with Crippen LogP contribution in [-0.4, -0.2) is 39.9 Å². The Kier molecular flexibility index (Phi) is 5.90. The number of hydrogen-bond acceptors (Lipinski definition) is 4. The molecule has 3 rings (SSSR count). The fourth-order valence-electron chi connectivity index (χ4n) is 3.21. The van der Waals surface area contributed by atoms with E-state index in [2.05, 4.69) is 32.5 Å². The summed E-state index contributed by atoms with van der Waals surface area (Å²) in [5.74, 6) is -0.215. The predicted molar refractivity (Wildman–Crippen MR) is 111 cm³/mol. The highest BCUT2D eigenvalue weighted by atomic mass is 16.2. The molecule has 0 aliphatic rings.